The molecule has 32 heavy (non-hydrogen) atoms. The summed E-state index contributed by atoms with van der Waals surface area (Å²) in [4.78, 5) is 12.5. The molecule has 4 aromatic rings. The number of amides is 1. The number of thioether (sulfide) groups is 1. The number of fused-ring (bicyclic) bond motifs is 1. The summed E-state index contributed by atoms with van der Waals surface area (Å²) in [7, 11) is 3.62. The molecule has 6 nitrogen and oxygen atoms in total. The number of anilines is 1. The van der Waals surface area contributed by atoms with Crippen molar-refractivity contribution >= 4 is 34.1 Å². The second-order valence-electron chi connectivity index (χ2n) is 7.52. The second kappa shape index (κ2) is 10.3. The molecule has 4 rings (SSSR count). The molecule has 1 amide bonds. The fourth-order valence-electron chi connectivity index (χ4n) is 3.58. The topological polar surface area (TPSA) is 69.0 Å². The van der Waals surface area contributed by atoms with Gasteiger partial charge in [0.1, 0.15) is 11.6 Å². The molecule has 3 aromatic carbocycles. The summed E-state index contributed by atoms with van der Waals surface area (Å²) in [5.74, 6) is 2.01. The van der Waals surface area contributed by atoms with Gasteiger partial charge in [-0.2, -0.15) is 0 Å². The first kappa shape index (κ1) is 21.9. The van der Waals surface area contributed by atoms with Gasteiger partial charge in [-0.15, -0.1) is 10.2 Å². The van der Waals surface area contributed by atoms with Crippen molar-refractivity contribution in [2.24, 2.45) is 7.05 Å². The van der Waals surface area contributed by atoms with Gasteiger partial charge in [-0.05, 0) is 42.0 Å². The number of benzene rings is 3. The van der Waals surface area contributed by atoms with Crippen LogP contribution in [0.15, 0.2) is 71.9 Å². The summed E-state index contributed by atoms with van der Waals surface area (Å²) in [5, 5.41) is 14.5. The zero-order valence-corrected chi connectivity index (χ0v) is 19.1. The van der Waals surface area contributed by atoms with Crippen LogP contribution in [0.2, 0.25) is 0 Å². The van der Waals surface area contributed by atoms with E-state index in [0.717, 1.165) is 52.5 Å². The molecule has 0 unspecified atom stereocenters. The molecular formula is C25H26N4O2S. The van der Waals surface area contributed by atoms with Gasteiger partial charge in [0.2, 0.25) is 5.91 Å². The van der Waals surface area contributed by atoms with Crippen LogP contribution in [0.3, 0.4) is 0 Å². The van der Waals surface area contributed by atoms with E-state index < -0.39 is 0 Å². The lowest BCUT2D eigenvalue weighted by Gasteiger charge is -2.08. The quantitative estimate of drug-likeness (QED) is 0.371. The van der Waals surface area contributed by atoms with Gasteiger partial charge in [-0.25, -0.2) is 0 Å². The number of rotatable bonds is 9. The van der Waals surface area contributed by atoms with Crippen molar-refractivity contribution in [1.82, 2.24) is 14.8 Å². The molecule has 0 aliphatic carbocycles. The Morgan fingerprint density at radius 3 is 2.59 bits per heavy atom. The molecule has 1 heterocycles. The Labute approximate surface area is 192 Å². The average Bonchev–Trinajstić information content (AvgIpc) is 3.17. The summed E-state index contributed by atoms with van der Waals surface area (Å²) in [5.41, 5.74) is 2.10. The predicted octanol–water partition coefficient (Wildman–Crippen LogP) is 4.88. The summed E-state index contributed by atoms with van der Waals surface area (Å²) >= 11 is 1.40. The number of nitrogens with one attached hydrogen (secondary N) is 1. The number of hydrogen-bond donors (Lipinski definition) is 1. The number of carbonyl (C=O) groups excluding carboxylic acids is 1. The van der Waals surface area contributed by atoms with Crippen molar-refractivity contribution in [3.8, 4) is 5.75 Å². The minimum absolute atomic E-state index is 0.0598. The van der Waals surface area contributed by atoms with Gasteiger partial charge in [0.15, 0.2) is 5.16 Å². The standard InChI is InChI=1S/C25H26N4O2S/c1-29-23(12-5-7-18-13-15-20(31-2)16-14-18)27-28-25(29)32-17-24(30)26-22-11-6-9-19-8-3-4-10-21(19)22/h3-4,6,8-11,13-16H,5,7,12,17H2,1-2H3,(H,26,30). The molecule has 1 N–H and O–H groups in total. The molecule has 0 atom stereocenters. The highest BCUT2D eigenvalue weighted by Gasteiger charge is 2.12. The van der Waals surface area contributed by atoms with Crippen LogP contribution in [0, 0.1) is 0 Å². The third-order valence-electron chi connectivity index (χ3n) is 5.35. The van der Waals surface area contributed by atoms with Gasteiger partial charge in [-0.3, -0.25) is 4.79 Å². The summed E-state index contributed by atoms with van der Waals surface area (Å²) in [6.07, 6.45) is 2.77. The Kier molecular flexibility index (Phi) is 7.07. The van der Waals surface area contributed by atoms with Crippen LogP contribution in [0.1, 0.15) is 17.8 Å². The molecule has 164 valence electrons. The highest BCUT2D eigenvalue weighted by atomic mass is 32.2. The van der Waals surface area contributed by atoms with Gasteiger partial charge in [0, 0.05) is 24.5 Å². The molecular weight excluding hydrogens is 420 g/mol. The normalized spacial score (nSPS) is 10.9. The van der Waals surface area contributed by atoms with Crippen LogP contribution in [0.25, 0.3) is 10.8 Å². The highest BCUT2D eigenvalue weighted by molar-refractivity contribution is 7.99. The number of ether oxygens (including phenoxy) is 1. The van der Waals surface area contributed by atoms with E-state index in [1.54, 1.807) is 7.11 Å². The number of aromatic nitrogens is 3. The van der Waals surface area contributed by atoms with Crippen LogP contribution in [-0.2, 0) is 24.7 Å². The Morgan fingerprint density at radius 1 is 1.00 bits per heavy atom. The smallest absolute Gasteiger partial charge is 0.234 e. The van der Waals surface area contributed by atoms with E-state index in [2.05, 4.69) is 27.6 Å². The van der Waals surface area contributed by atoms with Crippen molar-refractivity contribution in [2.45, 2.75) is 24.4 Å². The number of aryl methyl sites for hydroxylation is 2. The molecule has 0 spiro atoms. The second-order valence-corrected chi connectivity index (χ2v) is 8.47. The molecule has 0 aliphatic rings. The molecule has 1 aromatic heterocycles. The maximum Gasteiger partial charge on any atom is 0.234 e. The van der Waals surface area contributed by atoms with Crippen molar-refractivity contribution in [1.29, 1.82) is 0 Å². The summed E-state index contributed by atoms with van der Waals surface area (Å²) in [6.45, 7) is 0. The lowest BCUT2D eigenvalue weighted by atomic mass is 10.1. The molecule has 0 fully saturated rings. The van der Waals surface area contributed by atoms with Crippen LogP contribution in [0.4, 0.5) is 5.69 Å². The minimum Gasteiger partial charge on any atom is -0.497 e. The lowest BCUT2D eigenvalue weighted by molar-refractivity contribution is -0.113. The van der Waals surface area contributed by atoms with E-state index in [0.29, 0.717) is 0 Å². The monoisotopic (exact) mass is 446 g/mol. The van der Waals surface area contributed by atoms with E-state index in [1.807, 2.05) is 66.2 Å². The van der Waals surface area contributed by atoms with Gasteiger partial charge in [-0.1, -0.05) is 60.3 Å². The molecule has 0 aliphatic heterocycles. The minimum atomic E-state index is -0.0598. The van der Waals surface area contributed by atoms with Crippen molar-refractivity contribution < 1.29 is 9.53 Å². The first-order valence-electron chi connectivity index (χ1n) is 10.6. The molecule has 0 saturated carbocycles. The molecule has 0 bridgehead atoms. The van der Waals surface area contributed by atoms with E-state index in [9.17, 15) is 4.79 Å². The maximum absolute atomic E-state index is 12.5. The largest absolute Gasteiger partial charge is 0.497 e. The first-order chi connectivity index (χ1) is 15.6. The average molecular weight is 447 g/mol. The van der Waals surface area contributed by atoms with E-state index in [-0.39, 0.29) is 11.7 Å². The molecule has 7 heteroatoms. The van der Waals surface area contributed by atoms with Crippen molar-refractivity contribution in [2.75, 3.05) is 18.2 Å². The first-order valence-corrected chi connectivity index (χ1v) is 11.5. The number of nitrogens with zero attached hydrogens (tertiary/aromatic N) is 3. The van der Waals surface area contributed by atoms with Gasteiger partial charge < -0.3 is 14.6 Å². The Balaban J connectivity index is 1.29. The highest BCUT2D eigenvalue weighted by Crippen LogP contribution is 2.24. The number of carbonyl (C=O) groups is 1. The predicted molar refractivity (Wildman–Crippen MR) is 129 cm³/mol. The van der Waals surface area contributed by atoms with E-state index in [1.165, 1.54) is 17.3 Å². The van der Waals surface area contributed by atoms with Crippen LogP contribution in [-0.4, -0.2) is 33.5 Å². The van der Waals surface area contributed by atoms with Gasteiger partial charge >= 0.3 is 0 Å². The van der Waals surface area contributed by atoms with Crippen molar-refractivity contribution in [3.63, 3.8) is 0 Å². The zero-order valence-electron chi connectivity index (χ0n) is 18.2. The van der Waals surface area contributed by atoms with Gasteiger partial charge in [0.25, 0.3) is 0 Å². The fourth-order valence-corrected chi connectivity index (χ4v) is 4.31. The number of hydrogen-bond acceptors (Lipinski definition) is 5. The van der Waals surface area contributed by atoms with Crippen LogP contribution in [0.5, 0.6) is 5.75 Å². The SMILES string of the molecule is COc1ccc(CCCc2nnc(SCC(=O)Nc3cccc4ccccc34)n2C)cc1. The Morgan fingerprint density at radius 2 is 1.78 bits per heavy atom. The number of methoxy groups -OCH3 is 1. The molecule has 0 radical (unpaired) electrons. The van der Waals surface area contributed by atoms with E-state index >= 15 is 0 Å². The van der Waals surface area contributed by atoms with Crippen LogP contribution < -0.4 is 10.1 Å². The van der Waals surface area contributed by atoms with Crippen molar-refractivity contribution in [3.05, 3.63) is 78.1 Å². The van der Waals surface area contributed by atoms with Gasteiger partial charge in [0.05, 0.1) is 12.9 Å². The Hall–Kier alpha value is -3.32. The molecule has 0 saturated heterocycles. The third-order valence-corrected chi connectivity index (χ3v) is 6.37. The lowest BCUT2D eigenvalue weighted by Crippen LogP contribution is -2.14. The van der Waals surface area contributed by atoms with E-state index in [4.69, 9.17) is 4.74 Å². The maximum atomic E-state index is 12.5. The fraction of sp³-hybridized carbons (Fsp3) is 0.240. The Bertz CT molecular complexity index is 1200. The third kappa shape index (κ3) is 5.29. The van der Waals surface area contributed by atoms with Crippen LogP contribution >= 0.6 is 11.8 Å². The summed E-state index contributed by atoms with van der Waals surface area (Å²) in [6, 6.07) is 22.1. The zero-order chi connectivity index (χ0) is 22.3. The summed E-state index contributed by atoms with van der Waals surface area (Å²) < 4.78 is 7.18.